The number of nitrogens with two attached hydrogens (primary N) is 1. The summed E-state index contributed by atoms with van der Waals surface area (Å²) in [5.41, 5.74) is 7.76. The smallest absolute Gasteiger partial charge is 0.210 e. The molecule has 0 unspecified atom stereocenters. The molecular formula is C8H9N3O. The monoisotopic (exact) mass is 163 g/mol. The number of aromatic nitrogens is 2. The van der Waals surface area contributed by atoms with Gasteiger partial charge in [0.05, 0.1) is 6.54 Å². The van der Waals surface area contributed by atoms with Crippen LogP contribution in [-0.2, 0) is 6.54 Å². The minimum atomic E-state index is 0.315. The minimum absolute atomic E-state index is 0.315. The maximum absolute atomic E-state index is 5.37. The maximum Gasteiger partial charge on any atom is 0.210 e. The van der Waals surface area contributed by atoms with Crippen LogP contribution >= 0.6 is 0 Å². The quantitative estimate of drug-likeness (QED) is 0.680. The second-order valence-electron chi connectivity index (χ2n) is 2.65. The van der Waals surface area contributed by atoms with Gasteiger partial charge in [0.2, 0.25) is 5.89 Å². The minimum Gasteiger partial charge on any atom is -0.438 e. The summed E-state index contributed by atoms with van der Waals surface area (Å²) in [4.78, 5) is 8.16. The zero-order chi connectivity index (χ0) is 8.55. The molecule has 2 heterocycles. The van der Waals surface area contributed by atoms with Crippen LogP contribution in [0.5, 0.6) is 0 Å². The average molecular weight is 163 g/mol. The Kier molecular flexibility index (Phi) is 1.55. The second kappa shape index (κ2) is 2.57. The molecule has 2 aromatic rings. The standard InChI is InChI=1S/C8H9N3O/c1-5-2-6-8(10-4-5)11-7(3-9)12-6/h2,4H,3,9H2,1H3. The van der Waals surface area contributed by atoms with Crippen LogP contribution in [0.4, 0.5) is 0 Å². The molecule has 2 N–H and O–H groups in total. The Hall–Kier alpha value is -1.42. The van der Waals surface area contributed by atoms with E-state index in [1.54, 1.807) is 6.20 Å². The summed E-state index contributed by atoms with van der Waals surface area (Å²) in [5, 5.41) is 0. The SMILES string of the molecule is Cc1cnc2nc(CN)oc2c1. The van der Waals surface area contributed by atoms with Gasteiger partial charge in [0.15, 0.2) is 11.2 Å². The summed E-state index contributed by atoms with van der Waals surface area (Å²) in [6.07, 6.45) is 1.76. The number of nitrogens with zero attached hydrogens (tertiary/aromatic N) is 2. The molecule has 0 spiro atoms. The fourth-order valence-corrected chi connectivity index (χ4v) is 1.05. The Morgan fingerprint density at radius 1 is 1.58 bits per heavy atom. The molecule has 2 aromatic heterocycles. The van der Waals surface area contributed by atoms with E-state index in [0.717, 1.165) is 5.56 Å². The zero-order valence-corrected chi connectivity index (χ0v) is 6.74. The van der Waals surface area contributed by atoms with Crippen LogP contribution in [0.15, 0.2) is 16.7 Å². The summed E-state index contributed by atoms with van der Waals surface area (Å²) >= 11 is 0. The van der Waals surface area contributed by atoms with Crippen molar-refractivity contribution in [2.75, 3.05) is 0 Å². The van der Waals surface area contributed by atoms with Gasteiger partial charge >= 0.3 is 0 Å². The molecule has 0 saturated heterocycles. The van der Waals surface area contributed by atoms with Gasteiger partial charge in [0, 0.05) is 6.20 Å². The van der Waals surface area contributed by atoms with E-state index in [-0.39, 0.29) is 0 Å². The molecule has 0 aliphatic carbocycles. The maximum atomic E-state index is 5.37. The summed E-state index contributed by atoms with van der Waals surface area (Å²) in [6, 6.07) is 1.90. The van der Waals surface area contributed by atoms with Crippen molar-refractivity contribution in [2.24, 2.45) is 5.73 Å². The molecule has 2 rings (SSSR count). The fraction of sp³-hybridized carbons (Fsp3) is 0.250. The first-order chi connectivity index (χ1) is 5.79. The highest BCUT2D eigenvalue weighted by atomic mass is 16.3. The van der Waals surface area contributed by atoms with Crippen molar-refractivity contribution >= 4 is 11.2 Å². The molecule has 12 heavy (non-hydrogen) atoms. The lowest BCUT2D eigenvalue weighted by atomic mass is 10.3. The summed E-state index contributed by atoms with van der Waals surface area (Å²) < 4.78 is 5.30. The zero-order valence-electron chi connectivity index (χ0n) is 6.74. The summed E-state index contributed by atoms with van der Waals surface area (Å²) in [5.74, 6) is 0.531. The van der Waals surface area contributed by atoms with E-state index >= 15 is 0 Å². The van der Waals surface area contributed by atoms with Crippen molar-refractivity contribution in [1.29, 1.82) is 0 Å². The van der Waals surface area contributed by atoms with Gasteiger partial charge in [0.1, 0.15) is 0 Å². The van der Waals surface area contributed by atoms with Crippen molar-refractivity contribution in [1.82, 2.24) is 9.97 Å². The van der Waals surface area contributed by atoms with Gasteiger partial charge in [0.25, 0.3) is 0 Å². The van der Waals surface area contributed by atoms with Crippen LogP contribution in [0.3, 0.4) is 0 Å². The lowest BCUT2D eigenvalue weighted by Crippen LogP contribution is -1.95. The van der Waals surface area contributed by atoms with Gasteiger partial charge in [-0.2, -0.15) is 4.98 Å². The number of aryl methyl sites for hydroxylation is 1. The number of hydrogen-bond donors (Lipinski definition) is 1. The van der Waals surface area contributed by atoms with Crippen LogP contribution in [0, 0.1) is 6.92 Å². The highest BCUT2D eigenvalue weighted by molar-refractivity contribution is 5.67. The van der Waals surface area contributed by atoms with Crippen LogP contribution < -0.4 is 5.73 Å². The Labute approximate surface area is 69.4 Å². The van der Waals surface area contributed by atoms with Gasteiger partial charge in [-0.1, -0.05) is 0 Å². The predicted octanol–water partition coefficient (Wildman–Crippen LogP) is 0.990. The summed E-state index contributed by atoms with van der Waals surface area (Å²) in [6.45, 7) is 2.27. The normalized spacial score (nSPS) is 10.8. The van der Waals surface area contributed by atoms with E-state index in [9.17, 15) is 0 Å². The third-order valence-corrected chi connectivity index (χ3v) is 1.60. The van der Waals surface area contributed by atoms with Gasteiger partial charge in [-0.15, -0.1) is 0 Å². The molecule has 4 nitrogen and oxygen atoms in total. The molecule has 4 heteroatoms. The first-order valence-electron chi connectivity index (χ1n) is 3.72. The highest BCUT2D eigenvalue weighted by Crippen LogP contribution is 2.13. The number of rotatable bonds is 1. The van der Waals surface area contributed by atoms with E-state index < -0.39 is 0 Å². The van der Waals surface area contributed by atoms with Crippen molar-refractivity contribution in [3.8, 4) is 0 Å². The molecular weight excluding hydrogens is 154 g/mol. The van der Waals surface area contributed by atoms with Crippen LogP contribution in [0.25, 0.3) is 11.2 Å². The Bertz CT molecular complexity index is 408. The first-order valence-corrected chi connectivity index (χ1v) is 3.72. The molecule has 0 aromatic carbocycles. The van der Waals surface area contributed by atoms with Crippen molar-refractivity contribution < 1.29 is 4.42 Å². The predicted molar refractivity (Wildman–Crippen MR) is 44.4 cm³/mol. The lowest BCUT2D eigenvalue weighted by molar-refractivity contribution is 0.533. The number of fused-ring (bicyclic) bond motifs is 1. The van der Waals surface area contributed by atoms with E-state index in [4.69, 9.17) is 10.2 Å². The number of pyridine rings is 1. The van der Waals surface area contributed by atoms with E-state index in [1.807, 2.05) is 13.0 Å². The van der Waals surface area contributed by atoms with E-state index in [0.29, 0.717) is 23.7 Å². The van der Waals surface area contributed by atoms with Crippen LogP contribution in [0.2, 0.25) is 0 Å². The molecule has 0 amide bonds. The highest BCUT2D eigenvalue weighted by Gasteiger charge is 2.03. The van der Waals surface area contributed by atoms with Crippen molar-refractivity contribution in [3.05, 3.63) is 23.7 Å². The third kappa shape index (κ3) is 1.06. The van der Waals surface area contributed by atoms with Crippen LogP contribution in [0.1, 0.15) is 11.5 Å². The molecule has 62 valence electrons. The van der Waals surface area contributed by atoms with E-state index in [2.05, 4.69) is 9.97 Å². The number of hydrogen-bond acceptors (Lipinski definition) is 4. The average Bonchev–Trinajstić information content (AvgIpc) is 2.46. The molecule has 0 fully saturated rings. The molecule has 0 atom stereocenters. The largest absolute Gasteiger partial charge is 0.438 e. The third-order valence-electron chi connectivity index (χ3n) is 1.60. The first kappa shape index (κ1) is 7.24. The van der Waals surface area contributed by atoms with Crippen molar-refractivity contribution in [2.45, 2.75) is 13.5 Å². The van der Waals surface area contributed by atoms with Gasteiger partial charge in [-0.25, -0.2) is 4.98 Å². The molecule has 0 bridgehead atoms. The molecule has 0 saturated carbocycles. The molecule has 0 aliphatic heterocycles. The Balaban J connectivity index is 2.67. The van der Waals surface area contributed by atoms with Crippen molar-refractivity contribution in [3.63, 3.8) is 0 Å². The number of oxazole rings is 1. The molecule has 0 aliphatic rings. The van der Waals surface area contributed by atoms with Gasteiger partial charge < -0.3 is 10.2 Å². The molecule has 0 radical (unpaired) electrons. The fourth-order valence-electron chi connectivity index (χ4n) is 1.05. The van der Waals surface area contributed by atoms with Gasteiger partial charge in [-0.3, -0.25) is 0 Å². The summed E-state index contributed by atoms with van der Waals surface area (Å²) in [7, 11) is 0. The van der Waals surface area contributed by atoms with Gasteiger partial charge in [-0.05, 0) is 18.6 Å². The Morgan fingerprint density at radius 3 is 3.17 bits per heavy atom. The van der Waals surface area contributed by atoms with Crippen LogP contribution in [-0.4, -0.2) is 9.97 Å². The second-order valence-corrected chi connectivity index (χ2v) is 2.65. The van der Waals surface area contributed by atoms with E-state index in [1.165, 1.54) is 0 Å². The Morgan fingerprint density at radius 2 is 2.42 bits per heavy atom. The topological polar surface area (TPSA) is 64.9 Å². The lowest BCUT2D eigenvalue weighted by Gasteiger charge is -1.87.